The minimum absolute atomic E-state index is 0.697. The molecule has 3 nitrogen and oxygen atoms in total. The van der Waals surface area contributed by atoms with Crippen molar-refractivity contribution in [2.75, 3.05) is 0 Å². The Hall–Kier alpha value is -2.17. The summed E-state index contributed by atoms with van der Waals surface area (Å²) in [6.07, 6.45) is 1.79. The molecule has 0 saturated carbocycles. The van der Waals surface area contributed by atoms with Gasteiger partial charge in [0.2, 0.25) is 0 Å². The zero-order chi connectivity index (χ0) is 15.5. The summed E-state index contributed by atoms with van der Waals surface area (Å²) in [5, 5.41) is 3.97. The third-order valence-corrected chi connectivity index (χ3v) is 3.96. The van der Waals surface area contributed by atoms with E-state index < -0.39 is 0 Å². The van der Waals surface area contributed by atoms with Crippen molar-refractivity contribution in [1.29, 1.82) is 0 Å². The number of nitrogens with one attached hydrogen (secondary N) is 1. The van der Waals surface area contributed by atoms with Crippen molar-refractivity contribution in [1.82, 2.24) is 9.78 Å². The van der Waals surface area contributed by atoms with E-state index >= 15 is 0 Å². The van der Waals surface area contributed by atoms with E-state index in [-0.39, 0.29) is 0 Å². The third kappa shape index (κ3) is 3.03. The molecule has 1 aromatic heterocycles. The van der Waals surface area contributed by atoms with Crippen LogP contribution in [0.1, 0.15) is 11.3 Å². The van der Waals surface area contributed by atoms with Crippen molar-refractivity contribution < 1.29 is 0 Å². The van der Waals surface area contributed by atoms with Gasteiger partial charge in [-0.2, -0.15) is 0 Å². The van der Waals surface area contributed by atoms with Gasteiger partial charge in [0.05, 0.1) is 16.9 Å². The van der Waals surface area contributed by atoms with Gasteiger partial charge in [0.15, 0.2) is 0 Å². The van der Waals surface area contributed by atoms with E-state index in [0.29, 0.717) is 9.66 Å². The zero-order valence-electron chi connectivity index (χ0n) is 12.0. The van der Waals surface area contributed by atoms with Gasteiger partial charge in [-0.05, 0) is 43.3 Å². The van der Waals surface area contributed by atoms with Gasteiger partial charge in [-0.1, -0.05) is 42.0 Å². The van der Waals surface area contributed by atoms with Gasteiger partial charge in [-0.15, -0.1) is 0 Å². The maximum Gasteiger partial charge on any atom is 0.136 e. The standard InChI is InChI=1S/C17H14ClN3S/c1-12-16(11-19-14-9-7-13(18)8-10-14)17(22)21(20-12)15-5-3-2-4-6-15/h2-11,20H,1H3. The Morgan fingerprint density at radius 2 is 1.77 bits per heavy atom. The molecule has 5 heteroatoms. The number of nitrogens with zero attached hydrogens (tertiary/aromatic N) is 2. The largest absolute Gasteiger partial charge is 0.297 e. The summed E-state index contributed by atoms with van der Waals surface area (Å²) in [5.74, 6) is 0. The first kappa shape index (κ1) is 14.8. The predicted octanol–water partition coefficient (Wildman–Crippen LogP) is 5.25. The molecule has 0 bridgehead atoms. The molecule has 0 spiro atoms. The van der Waals surface area contributed by atoms with Crippen molar-refractivity contribution in [3.05, 3.63) is 75.5 Å². The highest BCUT2D eigenvalue weighted by Gasteiger charge is 2.07. The fourth-order valence-corrected chi connectivity index (χ4v) is 2.62. The number of rotatable bonds is 3. The number of aliphatic imine (C=N–C) groups is 1. The second-order valence-electron chi connectivity index (χ2n) is 4.86. The quantitative estimate of drug-likeness (QED) is 0.517. The smallest absolute Gasteiger partial charge is 0.136 e. The summed E-state index contributed by atoms with van der Waals surface area (Å²) in [5.41, 5.74) is 3.73. The molecule has 0 aliphatic heterocycles. The van der Waals surface area contributed by atoms with Gasteiger partial charge in [0.1, 0.15) is 4.64 Å². The lowest BCUT2D eigenvalue weighted by atomic mass is 10.3. The first-order valence-electron chi connectivity index (χ1n) is 6.82. The van der Waals surface area contributed by atoms with Crippen LogP contribution in [0, 0.1) is 11.6 Å². The molecule has 0 unspecified atom stereocenters. The predicted molar refractivity (Wildman–Crippen MR) is 94.4 cm³/mol. The van der Waals surface area contributed by atoms with Crippen LogP contribution in [0.2, 0.25) is 5.02 Å². The minimum atomic E-state index is 0.697. The Morgan fingerprint density at radius 3 is 2.45 bits per heavy atom. The van der Waals surface area contributed by atoms with Crippen molar-refractivity contribution in [2.24, 2.45) is 4.99 Å². The van der Waals surface area contributed by atoms with E-state index in [1.54, 1.807) is 6.21 Å². The first-order valence-corrected chi connectivity index (χ1v) is 7.60. The summed E-state index contributed by atoms with van der Waals surface area (Å²) in [6, 6.07) is 17.3. The number of aromatic nitrogens is 2. The van der Waals surface area contributed by atoms with Crippen molar-refractivity contribution in [3.63, 3.8) is 0 Å². The highest BCUT2D eigenvalue weighted by Crippen LogP contribution is 2.18. The van der Waals surface area contributed by atoms with Gasteiger partial charge in [0, 0.05) is 16.9 Å². The van der Waals surface area contributed by atoms with Crippen molar-refractivity contribution >= 4 is 35.7 Å². The Kier molecular flexibility index (Phi) is 4.22. The Balaban J connectivity index is 1.97. The van der Waals surface area contributed by atoms with Crippen LogP contribution in [-0.2, 0) is 0 Å². The molecular weight excluding hydrogens is 314 g/mol. The van der Waals surface area contributed by atoms with Crippen LogP contribution in [0.3, 0.4) is 0 Å². The lowest BCUT2D eigenvalue weighted by Gasteiger charge is -2.01. The molecular formula is C17H14ClN3S. The van der Waals surface area contributed by atoms with E-state index in [2.05, 4.69) is 10.1 Å². The maximum atomic E-state index is 5.87. The first-order chi connectivity index (χ1) is 10.6. The van der Waals surface area contributed by atoms with Crippen LogP contribution in [0.15, 0.2) is 59.6 Å². The molecule has 0 atom stereocenters. The van der Waals surface area contributed by atoms with E-state index in [0.717, 1.165) is 22.6 Å². The average Bonchev–Trinajstić information content (AvgIpc) is 2.82. The molecule has 0 radical (unpaired) electrons. The number of para-hydroxylation sites is 1. The molecule has 0 fully saturated rings. The van der Waals surface area contributed by atoms with E-state index in [1.807, 2.05) is 66.2 Å². The fourth-order valence-electron chi connectivity index (χ4n) is 2.14. The van der Waals surface area contributed by atoms with E-state index in [4.69, 9.17) is 23.8 Å². The van der Waals surface area contributed by atoms with E-state index in [9.17, 15) is 0 Å². The Labute approximate surface area is 138 Å². The van der Waals surface area contributed by atoms with Crippen molar-refractivity contribution in [3.8, 4) is 5.69 Å². The number of aromatic amines is 1. The number of aryl methyl sites for hydroxylation is 1. The van der Waals surface area contributed by atoms with Gasteiger partial charge >= 0.3 is 0 Å². The molecule has 2 aromatic carbocycles. The van der Waals surface area contributed by atoms with Crippen LogP contribution in [0.4, 0.5) is 5.69 Å². The van der Waals surface area contributed by atoms with Gasteiger partial charge in [0.25, 0.3) is 0 Å². The van der Waals surface area contributed by atoms with Crippen LogP contribution in [-0.4, -0.2) is 16.0 Å². The fraction of sp³-hybridized carbons (Fsp3) is 0.0588. The zero-order valence-corrected chi connectivity index (χ0v) is 13.5. The molecule has 1 N–H and O–H groups in total. The monoisotopic (exact) mass is 327 g/mol. The van der Waals surface area contributed by atoms with Crippen LogP contribution < -0.4 is 0 Å². The minimum Gasteiger partial charge on any atom is -0.297 e. The van der Waals surface area contributed by atoms with Gasteiger partial charge in [-0.3, -0.25) is 10.1 Å². The molecule has 0 saturated heterocycles. The molecule has 110 valence electrons. The van der Waals surface area contributed by atoms with Crippen LogP contribution >= 0.6 is 23.8 Å². The van der Waals surface area contributed by atoms with Crippen LogP contribution in [0.5, 0.6) is 0 Å². The van der Waals surface area contributed by atoms with Crippen LogP contribution in [0.25, 0.3) is 5.69 Å². The lowest BCUT2D eigenvalue weighted by Crippen LogP contribution is -1.95. The van der Waals surface area contributed by atoms with Gasteiger partial charge < -0.3 is 0 Å². The number of halogens is 1. The number of H-pyrrole nitrogens is 1. The summed E-state index contributed by atoms with van der Waals surface area (Å²) in [6.45, 7) is 1.98. The summed E-state index contributed by atoms with van der Waals surface area (Å²) < 4.78 is 2.59. The number of hydrogen-bond acceptors (Lipinski definition) is 2. The topological polar surface area (TPSA) is 33.1 Å². The van der Waals surface area contributed by atoms with Gasteiger partial charge in [-0.25, -0.2) is 4.68 Å². The second-order valence-corrected chi connectivity index (χ2v) is 5.68. The Morgan fingerprint density at radius 1 is 1.09 bits per heavy atom. The SMILES string of the molecule is Cc1[nH]n(-c2ccccc2)c(=S)c1C=Nc1ccc(Cl)cc1. The molecule has 3 aromatic rings. The highest BCUT2D eigenvalue weighted by molar-refractivity contribution is 7.71. The third-order valence-electron chi connectivity index (χ3n) is 3.30. The summed E-state index contributed by atoms with van der Waals surface area (Å²) in [7, 11) is 0. The molecule has 0 aliphatic rings. The molecule has 0 amide bonds. The van der Waals surface area contributed by atoms with Crippen molar-refractivity contribution in [2.45, 2.75) is 6.92 Å². The maximum absolute atomic E-state index is 5.87. The summed E-state index contributed by atoms with van der Waals surface area (Å²) in [4.78, 5) is 4.46. The Bertz CT molecular complexity index is 861. The average molecular weight is 328 g/mol. The van der Waals surface area contributed by atoms with E-state index in [1.165, 1.54) is 0 Å². The number of hydrogen-bond donors (Lipinski definition) is 1. The molecule has 1 heterocycles. The lowest BCUT2D eigenvalue weighted by molar-refractivity contribution is 0.853. The number of benzene rings is 2. The normalized spacial score (nSPS) is 11.2. The second kappa shape index (κ2) is 6.30. The summed E-state index contributed by atoms with van der Waals surface area (Å²) >= 11 is 11.4. The molecule has 0 aliphatic carbocycles. The highest BCUT2D eigenvalue weighted by atomic mass is 35.5. The molecule has 3 rings (SSSR count). The molecule has 22 heavy (non-hydrogen) atoms.